The number of amides is 1. The van der Waals surface area contributed by atoms with E-state index in [9.17, 15) is 4.79 Å². The van der Waals surface area contributed by atoms with Crippen molar-refractivity contribution in [3.63, 3.8) is 0 Å². The Morgan fingerprint density at radius 1 is 1.36 bits per heavy atom. The van der Waals surface area contributed by atoms with E-state index < -0.39 is 0 Å². The zero-order valence-electron chi connectivity index (χ0n) is 12.2. The number of hydrogen-bond donors (Lipinski definition) is 2. The summed E-state index contributed by atoms with van der Waals surface area (Å²) >= 11 is 1.52. The molecule has 6 heteroatoms. The van der Waals surface area contributed by atoms with E-state index in [1.165, 1.54) is 11.3 Å². The molecule has 2 N–H and O–H groups in total. The van der Waals surface area contributed by atoms with Gasteiger partial charge in [0.15, 0.2) is 5.13 Å². The van der Waals surface area contributed by atoms with Crippen LogP contribution >= 0.6 is 11.3 Å². The molecule has 4 rings (SSSR count). The Hall–Kier alpha value is -2.21. The van der Waals surface area contributed by atoms with Crippen molar-refractivity contribution in [3.8, 4) is 0 Å². The van der Waals surface area contributed by atoms with Crippen LogP contribution in [0, 0.1) is 12.8 Å². The molecule has 1 unspecified atom stereocenters. The van der Waals surface area contributed by atoms with Crippen LogP contribution in [0.2, 0.25) is 0 Å². The first kappa shape index (κ1) is 13.5. The van der Waals surface area contributed by atoms with Crippen molar-refractivity contribution in [2.45, 2.75) is 26.2 Å². The second kappa shape index (κ2) is 5.21. The van der Waals surface area contributed by atoms with Gasteiger partial charge in [0.25, 0.3) is 0 Å². The van der Waals surface area contributed by atoms with Crippen LogP contribution < -0.4 is 5.32 Å². The minimum Gasteiger partial charge on any atom is -0.346 e. The second-order valence-corrected chi connectivity index (χ2v) is 6.69. The maximum absolute atomic E-state index is 12.5. The van der Waals surface area contributed by atoms with Gasteiger partial charge < -0.3 is 10.3 Å². The molecule has 5 nitrogen and oxygen atoms in total. The molecule has 0 radical (unpaired) electrons. The van der Waals surface area contributed by atoms with Gasteiger partial charge in [0.05, 0.1) is 15.9 Å². The van der Waals surface area contributed by atoms with E-state index >= 15 is 0 Å². The molecule has 2 aromatic heterocycles. The first-order valence-electron chi connectivity index (χ1n) is 7.40. The molecule has 22 heavy (non-hydrogen) atoms. The highest BCUT2D eigenvalue weighted by molar-refractivity contribution is 7.22. The summed E-state index contributed by atoms with van der Waals surface area (Å²) < 4.78 is 1.09. The third-order valence-electron chi connectivity index (χ3n) is 4.06. The third-order valence-corrected chi connectivity index (χ3v) is 5.01. The minimum absolute atomic E-state index is 0.0145. The van der Waals surface area contributed by atoms with Crippen LogP contribution in [0.15, 0.2) is 24.3 Å². The molecule has 0 spiro atoms. The lowest BCUT2D eigenvalue weighted by Gasteiger charge is -2.19. The first-order valence-corrected chi connectivity index (χ1v) is 8.21. The Morgan fingerprint density at radius 3 is 3.09 bits per heavy atom. The van der Waals surface area contributed by atoms with Crippen LogP contribution in [0.4, 0.5) is 5.13 Å². The number of carbonyl (C=O) groups is 1. The van der Waals surface area contributed by atoms with Crippen molar-refractivity contribution in [1.29, 1.82) is 0 Å². The van der Waals surface area contributed by atoms with Crippen LogP contribution in [0.3, 0.4) is 0 Å². The highest BCUT2D eigenvalue weighted by Crippen LogP contribution is 2.28. The number of anilines is 1. The Balaban J connectivity index is 1.50. The van der Waals surface area contributed by atoms with E-state index in [2.05, 4.69) is 20.3 Å². The number of carbonyl (C=O) groups excluding carboxylic acids is 1. The normalized spacial score (nSPS) is 17.4. The number of H-pyrrole nitrogens is 1. The summed E-state index contributed by atoms with van der Waals surface area (Å²) in [5.41, 5.74) is 3.15. The number of rotatable bonds is 2. The Bertz CT molecular complexity index is 818. The fourth-order valence-electron chi connectivity index (χ4n) is 2.98. The number of para-hydroxylation sites is 1. The maximum Gasteiger partial charge on any atom is 0.229 e. The zero-order chi connectivity index (χ0) is 15.1. The van der Waals surface area contributed by atoms with Gasteiger partial charge in [0.2, 0.25) is 5.91 Å². The third kappa shape index (κ3) is 2.39. The van der Waals surface area contributed by atoms with Crippen molar-refractivity contribution in [1.82, 2.24) is 15.0 Å². The average Bonchev–Trinajstić information content (AvgIpc) is 3.07. The van der Waals surface area contributed by atoms with Gasteiger partial charge in [-0.15, -0.1) is 0 Å². The van der Waals surface area contributed by atoms with E-state index in [-0.39, 0.29) is 11.8 Å². The summed E-state index contributed by atoms with van der Waals surface area (Å²) in [5, 5.41) is 3.65. The van der Waals surface area contributed by atoms with Gasteiger partial charge in [-0.2, -0.15) is 0 Å². The summed E-state index contributed by atoms with van der Waals surface area (Å²) in [4.78, 5) is 24.7. The monoisotopic (exact) mass is 312 g/mol. The fourth-order valence-corrected chi connectivity index (χ4v) is 3.85. The van der Waals surface area contributed by atoms with Crippen LogP contribution in [0.1, 0.15) is 23.6 Å². The van der Waals surface area contributed by atoms with Gasteiger partial charge in [-0.25, -0.2) is 9.97 Å². The predicted molar refractivity (Wildman–Crippen MR) is 87.1 cm³/mol. The van der Waals surface area contributed by atoms with Crippen molar-refractivity contribution >= 4 is 32.6 Å². The van der Waals surface area contributed by atoms with Gasteiger partial charge in [0.1, 0.15) is 5.82 Å². The number of aryl methyl sites for hydroxylation is 2. The van der Waals surface area contributed by atoms with Crippen molar-refractivity contribution in [2.24, 2.45) is 5.92 Å². The Morgan fingerprint density at radius 2 is 2.23 bits per heavy atom. The highest BCUT2D eigenvalue weighted by Gasteiger charge is 2.27. The van der Waals surface area contributed by atoms with Crippen molar-refractivity contribution in [3.05, 3.63) is 41.5 Å². The average molecular weight is 312 g/mol. The molecule has 0 saturated carbocycles. The molecular weight excluding hydrogens is 296 g/mol. The zero-order valence-corrected chi connectivity index (χ0v) is 13.0. The van der Waals surface area contributed by atoms with Crippen LogP contribution in [-0.2, 0) is 17.6 Å². The topological polar surface area (TPSA) is 70.7 Å². The lowest BCUT2D eigenvalue weighted by Crippen LogP contribution is -2.28. The summed E-state index contributed by atoms with van der Waals surface area (Å²) in [6.45, 7) is 1.95. The molecule has 112 valence electrons. The second-order valence-electron chi connectivity index (χ2n) is 5.66. The molecule has 0 fully saturated rings. The van der Waals surface area contributed by atoms with Crippen molar-refractivity contribution in [2.75, 3.05) is 5.32 Å². The lowest BCUT2D eigenvalue weighted by molar-refractivity contribution is -0.120. The van der Waals surface area contributed by atoms with Crippen LogP contribution in [-0.4, -0.2) is 20.9 Å². The van der Waals surface area contributed by atoms with Gasteiger partial charge in [-0.3, -0.25) is 4.79 Å². The smallest absolute Gasteiger partial charge is 0.229 e. The van der Waals surface area contributed by atoms with E-state index in [1.54, 1.807) is 0 Å². The lowest BCUT2D eigenvalue weighted by atomic mass is 9.89. The highest BCUT2D eigenvalue weighted by atomic mass is 32.1. The van der Waals surface area contributed by atoms with Crippen molar-refractivity contribution < 1.29 is 4.79 Å². The summed E-state index contributed by atoms with van der Waals surface area (Å²) in [6.07, 6.45) is 2.43. The molecule has 0 bridgehead atoms. The van der Waals surface area contributed by atoms with Crippen LogP contribution in [0.5, 0.6) is 0 Å². The van der Waals surface area contributed by atoms with Gasteiger partial charge in [-0.05, 0) is 31.9 Å². The molecule has 1 aromatic carbocycles. The Labute approximate surface area is 131 Å². The summed E-state index contributed by atoms with van der Waals surface area (Å²) in [5.74, 6) is 0.966. The number of imidazole rings is 1. The van der Waals surface area contributed by atoms with Gasteiger partial charge >= 0.3 is 0 Å². The minimum atomic E-state index is -0.0145. The molecule has 0 saturated heterocycles. The first-order chi connectivity index (χ1) is 10.7. The molecule has 1 aliphatic rings. The van der Waals surface area contributed by atoms with E-state index in [4.69, 9.17) is 0 Å². The molecular formula is C16H16N4OS. The number of nitrogens with zero attached hydrogens (tertiary/aromatic N) is 2. The van der Waals surface area contributed by atoms with E-state index in [1.807, 2.05) is 31.2 Å². The van der Waals surface area contributed by atoms with E-state index in [0.717, 1.165) is 46.7 Å². The summed E-state index contributed by atoms with van der Waals surface area (Å²) in [7, 11) is 0. The standard InChI is InChI=1S/C16H16N4OS/c1-9-17-11-7-6-10(8-13(11)18-9)15(21)20-16-19-12-4-2-3-5-14(12)22-16/h2-5,10H,6-8H2,1H3,(H,17,18)(H,19,20,21). The van der Waals surface area contributed by atoms with Crippen LogP contribution in [0.25, 0.3) is 10.2 Å². The SMILES string of the molecule is Cc1nc2c([nH]1)CC(C(=O)Nc1nc3ccccc3s1)CC2. The number of benzene rings is 1. The number of nitrogens with one attached hydrogen (secondary N) is 2. The Kier molecular flexibility index (Phi) is 3.18. The largest absolute Gasteiger partial charge is 0.346 e. The number of hydrogen-bond acceptors (Lipinski definition) is 4. The molecule has 2 heterocycles. The molecule has 3 aromatic rings. The molecule has 1 atom stereocenters. The summed E-state index contributed by atoms with van der Waals surface area (Å²) in [6, 6.07) is 7.91. The number of aromatic amines is 1. The number of aromatic nitrogens is 3. The number of fused-ring (bicyclic) bond motifs is 2. The number of thiazole rings is 1. The molecule has 0 aliphatic heterocycles. The maximum atomic E-state index is 12.5. The quantitative estimate of drug-likeness (QED) is 0.764. The molecule has 1 amide bonds. The predicted octanol–water partition coefficient (Wildman–Crippen LogP) is 3.07. The fraction of sp³-hybridized carbons (Fsp3) is 0.312. The van der Waals surface area contributed by atoms with Gasteiger partial charge in [-0.1, -0.05) is 23.5 Å². The molecule has 1 aliphatic carbocycles. The van der Waals surface area contributed by atoms with Gasteiger partial charge in [0, 0.05) is 18.0 Å². The van der Waals surface area contributed by atoms with E-state index in [0.29, 0.717) is 5.13 Å².